The van der Waals surface area contributed by atoms with Gasteiger partial charge in [0.05, 0.1) is 15.6 Å². The molecule has 0 spiro atoms. The van der Waals surface area contributed by atoms with Gasteiger partial charge in [0.25, 0.3) is 10.0 Å². The minimum atomic E-state index is -4.23. The van der Waals surface area contributed by atoms with Gasteiger partial charge < -0.3 is 10.2 Å². The Kier molecular flexibility index (Phi) is 9.82. The zero-order chi connectivity index (χ0) is 28.0. The van der Waals surface area contributed by atoms with Crippen LogP contribution in [-0.4, -0.2) is 43.8 Å². The van der Waals surface area contributed by atoms with E-state index < -0.39 is 28.5 Å². The monoisotopic (exact) mass is 575 g/mol. The lowest BCUT2D eigenvalue weighted by molar-refractivity contribution is -0.139. The molecule has 1 N–H and O–H groups in total. The molecule has 3 aromatic rings. The zero-order valence-electron chi connectivity index (χ0n) is 21.7. The molecule has 2 amide bonds. The van der Waals surface area contributed by atoms with Crippen molar-refractivity contribution in [1.29, 1.82) is 0 Å². The quantitative estimate of drug-likeness (QED) is 0.348. The van der Waals surface area contributed by atoms with Crippen molar-refractivity contribution in [3.8, 4) is 0 Å². The number of amides is 2. The molecule has 0 saturated carbocycles. The van der Waals surface area contributed by atoms with Gasteiger partial charge in [-0.3, -0.25) is 13.9 Å². The summed E-state index contributed by atoms with van der Waals surface area (Å²) < 4.78 is 28.6. The molecule has 1 unspecified atom stereocenters. The Bertz CT molecular complexity index is 1380. The number of hydrogen-bond donors (Lipinski definition) is 1. The van der Waals surface area contributed by atoms with Gasteiger partial charge >= 0.3 is 0 Å². The third-order valence-corrected chi connectivity index (χ3v) is 8.19. The summed E-state index contributed by atoms with van der Waals surface area (Å²) in [5, 5.41) is 3.19. The van der Waals surface area contributed by atoms with Crippen molar-refractivity contribution in [3.05, 3.63) is 94.0 Å². The lowest BCUT2D eigenvalue weighted by Crippen LogP contribution is -2.52. The third-order valence-electron chi connectivity index (χ3n) is 5.86. The van der Waals surface area contributed by atoms with Gasteiger partial charge in [0.2, 0.25) is 11.8 Å². The van der Waals surface area contributed by atoms with E-state index in [1.165, 1.54) is 35.2 Å². The molecule has 0 aliphatic heterocycles. The second kappa shape index (κ2) is 12.7. The largest absolute Gasteiger partial charge is 0.352 e. The Labute approximate surface area is 234 Å². The van der Waals surface area contributed by atoms with E-state index in [9.17, 15) is 18.0 Å². The number of rotatable bonds is 10. The molecule has 0 heterocycles. The summed E-state index contributed by atoms with van der Waals surface area (Å²) in [7, 11) is -4.23. The van der Waals surface area contributed by atoms with Gasteiger partial charge in [-0.2, -0.15) is 0 Å². The standard InChI is InChI=1S/C28H31Cl2N3O4S/c1-19(2)31-28(35)21(4)32(17-22-8-6-5-7-9-22)27(34)18-33(26-16-23(29)12-15-25(26)30)38(36,37)24-13-10-20(3)11-14-24/h5-16,19,21H,17-18H2,1-4H3,(H,31,35). The predicted octanol–water partition coefficient (Wildman–Crippen LogP) is 5.44. The Balaban J connectivity index is 2.06. The number of benzene rings is 3. The van der Waals surface area contributed by atoms with Crippen LogP contribution in [0.15, 0.2) is 77.7 Å². The van der Waals surface area contributed by atoms with Crippen LogP contribution in [0.25, 0.3) is 0 Å². The van der Waals surface area contributed by atoms with Crippen molar-refractivity contribution in [1.82, 2.24) is 10.2 Å². The van der Waals surface area contributed by atoms with Crippen molar-refractivity contribution in [2.75, 3.05) is 10.8 Å². The van der Waals surface area contributed by atoms with E-state index in [4.69, 9.17) is 23.2 Å². The first-order valence-corrected chi connectivity index (χ1v) is 14.3. The summed E-state index contributed by atoms with van der Waals surface area (Å²) in [5.41, 5.74) is 1.73. The van der Waals surface area contributed by atoms with E-state index in [0.717, 1.165) is 15.4 Å². The fourth-order valence-electron chi connectivity index (χ4n) is 3.80. The molecule has 1 atom stereocenters. The molecule has 3 rings (SSSR count). The normalized spacial score (nSPS) is 12.2. The van der Waals surface area contributed by atoms with Crippen LogP contribution in [0.3, 0.4) is 0 Å². The molecule has 10 heteroatoms. The molecule has 7 nitrogen and oxygen atoms in total. The van der Waals surface area contributed by atoms with Gasteiger partial charge in [-0.1, -0.05) is 71.2 Å². The summed E-state index contributed by atoms with van der Waals surface area (Å²) in [6.07, 6.45) is 0. The summed E-state index contributed by atoms with van der Waals surface area (Å²) in [6, 6.07) is 18.9. The maximum absolute atomic E-state index is 13.9. The summed E-state index contributed by atoms with van der Waals surface area (Å²) in [6.45, 7) is 6.62. The highest BCUT2D eigenvalue weighted by atomic mass is 35.5. The second-order valence-corrected chi connectivity index (χ2v) is 12.0. The first kappa shape index (κ1) is 29.5. The maximum Gasteiger partial charge on any atom is 0.264 e. The number of nitrogens with one attached hydrogen (secondary N) is 1. The van der Waals surface area contributed by atoms with Crippen LogP contribution in [0.5, 0.6) is 0 Å². The number of carbonyl (C=O) groups excluding carboxylic acids is 2. The van der Waals surface area contributed by atoms with Gasteiger partial charge in [0, 0.05) is 17.6 Å². The van der Waals surface area contributed by atoms with Crippen LogP contribution in [-0.2, 0) is 26.2 Å². The van der Waals surface area contributed by atoms with E-state index >= 15 is 0 Å². The van der Waals surface area contributed by atoms with Crippen LogP contribution >= 0.6 is 23.2 Å². The van der Waals surface area contributed by atoms with E-state index in [-0.39, 0.29) is 39.1 Å². The second-order valence-electron chi connectivity index (χ2n) is 9.27. The lowest BCUT2D eigenvalue weighted by Gasteiger charge is -2.32. The molecule has 0 fully saturated rings. The zero-order valence-corrected chi connectivity index (χ0v) is 24.0. The molecule has 3 aromatic carbocycles. The Morgan fingerprint density at radius 2 is 1.55 bits per heavy atom. The number of anilines is 1. The molecular weight excluding hydrogens is 545 g/mol. The van der Waals surface area contributed by atoms with Crippen molar-refractivity contribution in [2.45, 2.75) is 51.2 Å². The minimum absolute atomic E-state index is 0.00727. The highest BCUT2D eigenvalue weighted by Gasteiger charge is 2.33. The van der Waals surface area contributed by atoms with Gasteiger partial charge in [-0.05, 0) is 63.6 Å². The predicted molar refractivity (Wildman–Crippen MR) is 152 cm³/mol. The van der Waals surface area contributed by atoms with Crippen molar-refractivity contribution < 1.29 is 18.0 Å². The molecule has 0 aromatic heterocycles. The van der Waals surface area contributed by atoms with E-state index in [0.29, 0.717) is 0 Å². The number of aryl methyl sites for hydroxylation is 1. The van der Waals surface area contributed by atoms with E-state index in [1.54, 1.807) is 19.1 Å². The topological polar surface area (TPSA) is 86.8 Å². The van der Waals surface area contributed by atoms with Crippen LogP contribution in [0.4, 0.5) is 5.69 Å². The first-order valence-electron chi connectivity index (χ1n) is 12.1. The van der Waals surface area contributed by atoms with Gasteiger partial charge in [-0.15, -0.1) is 0 Å². The molecule has 0 saturated heterocycles. The average Bonchev–Trinajstić information content (AvgIpc) is 2.87. The number of nitrogens with zero attached hydrogens (tertiary/aromatic N) is 2. The van der Waals surface area contributed by atoms with Gasteiger partial charge in [0.1, 0.15) is 12.6 Å². The van der Waals surface area contributed by atoms with E-state index in [1.807, 2.05) is 51.1 Å². The number of halogens is 2. The molecule has 0 aliphatic rings. The summed E-state index contributed by atoms with van der Waals surface area (Å²) in [4.78, 5) is 28.1. The average molecular weight is 577 g/mol. The van der Waals surface area contributed by atoms with Crippen LogP contribution in [0.1, 0.15) is 31.9 Å². The smallest absolute Gasteiger partial charge is 0.264 e. The van der Waals surface area contributed by atoms with Crippen molar-refractivity contribution in [2.24, 2.45) is 0 Å². The van der Waals surface area contributed by atoms with Gasteiger partial charge in [0.15, 0.2) is 0 Å². The van der Waals surface area contributed by atoms with E-state index in [2.05, 4.69) is 5.32 Å². The number of sulfonamides is 1. The molecule has 0 aliphatic carbocycles. The lowest BCUT2D eigenvalue weighted by atomic mass is 10.1. The highest BCUT2D eigenvalue weighted by molar-refractivity contribution is 7.92. The molecule has 202 valence electrons. The fourth-order valence-corrected chi connectivity index (χ4v) is 5.66. The maximum atomic E-state index is 13.9. The van der Waals surface area contributed by atoms with Crippen molar-refractivity contribution in [3.63, 3.8) is 0 Å². The SMILES string of the molecule is Cc1ccc(S(=O)(=O)N(CC(=O)N(Cc2ccccc2)C(C)C(=O)NC(C)C)c2cc(Cl)ccc2Cl)cc1. The molecule has 0 radical (unpaired) electrons. The molecular formula is C28H31Cl2N3O4S. The Hall–Kier alpha value is -3.07. The highest BCUT2D eigenvalue weighted by Crippen LogP contribution is 2.33. The Morgan fingerprint density at radius 1 is 0.921 bits per heavy atom. The number of carbonyl (C=O) groups is 2. The van der Waals surface area contributed by atoms with Gasteiger partial charge in [-0.25, -0.2) is 8.42 Å². The third kappa shape index (κ3) is 7.28. The molecule has 0 bridgehead atoms. The Morgan fingerprint density at radius 3 is 2.16 bits per heavy atom. The van der Waals surface area contributed by atoms with Crippen LogP contribution in [0, 0.1) is 6.92 Å². The summed E-state index contributed by atoms with van der Waals surface area (Å²) >= 11 is 12.6. The summed E-state index contributed by atoms with van der Waals surface area (Å²) in [5.74, 6) is -0.926. The van der Waals surface area contributed by atoms with Crippen LogP contribution in [0.2, 0.25) is 10.0 Å². The fraction of sp³-hybridized carbons (Fsp3) is 0.286. The van der Waals surface area contributed by atoms with Crippen molar-refractivity contribution >= 4 is 50.7 Å². The first-order chi connectivity index (χ1) is 17.9. The molecule has 38 heavy (non-hydrogen) atoms. The number of hydrogen-bond acceptors (Lipinski definition) is 4. The van der Waals surface area contributed by atoms with Crippen LogP contribution < -0.4 is 9.62 Å². The minimum Gasteiger partial charge on any atom is -0.352 e.